The maximum Gasteiger partial charge on any atom is 0.151 e. The minimum absolute atomic E-state index is 0.494. The van der Waals surface area contributed by atoms with Gasteiger partial charge in [-0.25, -0.2) is 0 Å². The van der Waals surface area contributed by atoms with Gasteiger partial charge in [0.15, 0.2) is 5.82 Å². The Morgan fingerprint density at radius 3 is 2.31 bits per heavy atom. The summed E-state index contributed by atoms with van der Waals surface area (Å²) >= 11 is 0. The van der Waals surface area contributed by atoms with Crippen LogP contribution in [0.5, 0.6) is 0 Å². The van der Waals surface area contributed by atoms with Crippen LogP contribution in [0.3, 0.4) is 0 Å². The molecule has 2 heterocycles. The van der Waals surface area contributed by atoms with Gasteiger partial charge in [0.2, 0.25) is 0 Å². The molecular formula is C21H27N5. The van der Waals surface area contributed by atoms with Crippen molar-refractivity contribution in [3.8, 4) is 17.3 Å². The molecule has 0 unspecified atom stereocenters. The maximum atomic E-state index is 8.93. The number of piperidine rings is 1. The van der Waals surface area contributed by atoms with Crippen LogP contribution in [-0.2, 0) is 0 Å². The number of anilines is 1. The van der Waals surface area contributed by atoms with Crippen molar-refractivity contribution in [2.45, 2.75) is 51.6 Å². The van der Waals surface area contributed by atoms with Crippen LogP contribution in [0, 0.1) is 11.3 Å². The highest BCUT2D eigenvalue weighted by molar-refractivity contribution is 5.61. The maximum absolute atomic E-state index is 8.93. The molecule has 136 valence electrons. The lowest BCUT2D eigenvalue weighted by Crippen LogP contribution is -2.48. The molecular weight excluding hydrogens is 322 g/mol. The van der Waals surface area contributed by atoms with E-state index in [2.05, 4.69) is 46.4 Å². The molecule has 5 heteroatoms. The van der Waals surface area contributed by atoms with Gasteiger partial charge in [0.05, 0.1) is 17.3 Å². The summed E-state index contributed by atoms with van der Waals surface area (Å²) in [6.45, 7) is 6.64. The molecule has 1 aromatic carbocycles. The topological polar surface area (TPSA) is 64.8 Å². The number of nitriles is 1. The fourth-order valence-corrected chi connectivity index (χ4v) is 3.77. The SMILES string of the molecule is CCC(CC)N(c1ccc(-c2ccc(C#N)cc2)nn1)C1CCNCC1. The first kappa shape index (κ1) is 18.3. The molecule has 0 spiro atoms. The Hall–Kier alpha value is -2.45. The van der Waals surface area contributed by atoms with Gasteiger partial charge in [-0.15, -0.1) is 10.2 Å². The average Bonchev–Trinajstić information content (AvgIpc) is 2.73. The molecule has 0 aliphatic carbocycles. The zero-order valence-corrected chi connectivity index (χ0v) is 15.7. The van der Waals surface area contributed by atoms with Crippen LogP contribution in [0.25, 0.3) is 11.3 Å². The van der Waals surface area contributed by atoms with Crippen molar-refractivity contribution in [3.63, 3.8) is 0 Å². The van der Waals surface area contributed by atoms with Crippen molar-refractivity contribution >= 4 is 5.82 Å². The normalized spacial score (nSPS) is 15.0. The number of hydrogen-bond acceptors (Lipinski definition) is 5. The van der Waals surface area contributed by atoms with Gasteiger partial charge in [-0.05, 0) is 63.0 Å². The highest BCUT2D eigenvalue weighted by Gasteiger charge is 2.27. The largest absolute Gasteiger partial charge is 0.349 e. The predicted molar refractivity (Wildman–Crippen MR) is 105 cm³/mol. The third-order valence-corrected chi connectivity index (χ3v) is 5.26. The molecule has 1 fully saturated rings. The summed E-state index contributed by atoms with van der Waals surface area (Å²) in [4.78, 5) is 2.50. The Bertz CT molecular complexity index is 722. The number of benzene rings is 1. The lowest BCUT2D eigenvalue weighted by Gasteiger charge is -2.40. The zero-order valence-electron chi connectivity index (χ0n) is 15.7. The van der Waals surface area contributed by atoms with Crippen molar-refractivity contribution in [2.24, 2.45) is 0 Å². The van der Waals surface area contributed by atoms with Crippen molar-refractivity contribution in [3.05, 3.63) is 42.0 Å². The van der Waals surface area contributed by atoms with Crippen LogP contribution in [0.15, 0.2) is 36.4 Å². The molecule has 0 radical (unpaired) electrons. The van der Waals surface area contributed by atoms with Gasteiger partial charge in [0.1, 0.15) is 0 Å². The molecule has 2 aromatic rings. The molecule has 0 bridgehead atoms. The summed E-state index contributed by atoms with van der Waals surface area (Å²) in [7, 11) is 0. The minimum Gasteiger partial charge on any atom is -0.349 e. The molecule has 1 aromatic heterocycles. The molecule has 26 heavy (non-hydrogen) atoms. The Kier molecular flexibility index (Phi) is 6.19. The van der Waals surface area contributed by atoms with E-state index >= 15 is 0 Å². The first-order chi connectivity index (χ1) is 12.8. The van der Waals surface area contributed by atoms with Gasteiger partial charge in [0, 0.05) is 17.6 Å². The van der Waals surface area contributed by atoms with Crippen LogP contribution in [-0.4, -0.2) is 35.4 Å². The van der Waals surface area contributed by atoms with Gasteiger partial charge >= 0.3 is 0 Å². The second-order valence-electron chi connectivity index (χ2n) is 6.82. The van der Waals surface area contributed by atoms with Crippen molar-refractivity contribution in [2.75, 3.05) is 18.0 Å². The highest BCUT2D eigenvalue weighted by Crippen LogP contribution is 2.26. The minimum atomic E-state index is 0.494. The van der Waals surface area contributed by atoms with E-state index in [9.17, 15) is 0 Å². The van der Waals surface area contributed by atoms with Crippen LogP contribution < -0.4 is 10.2 Å². The van der Waals surface area contributed by atoms with E-state index in [-0.39, 0.29) is 0 Å². The predicted octanol–water partition coefficient (Wildman–Crippen LogP) is 3.76. The van der Waals surface area contributed by atoms with Crippen molar-refractivity contribution in [1.82, 2.24) is 15.5 Å². The van der Waals surface area contributed by atoms with E-state index in [1.165, 1.54) is 0 Å². The molecule has 3 rings (SSSR count). The Labute approximate surface area is 156 Å². The Morgan fingerprint density at radius 2 is 1.77 bits per heavy atom. The van der Waals surface area contributed by atoms with Gasteiger partial charge < -0.3 is 10.2 Å². The van der Waals surface area contributed by atoms with E-state index in [1.807, 2.05) is 30.3 Å². The van der Waals surface area contributed by atoms with Gasteiger partial charge in [-0.3, -0.25) is 0 Å². The van der Waals surface area contributed by atoms with E-state index in [0.29, 0.717) is 17.6 Å². The number of aromatic nitrogens is 2. The summed E-state index contributed by atoms with van der Waals surface area (Å²) in [5, 5.41) is 21.4. The monoisotopic (exact) mass is 349 g/mol. The molecule has 1 N–H and O–H groups in total. The standard InChI is InChI=1S/C21H27N5/c1-3-18(4-2)26(19-11-13-23-14-12-19)21-10-9-20(24-25-21)17-7-5-16(15-22)6-8-17/h5-10,18-19,23H,3-4,11-14H2,1-2H3. The second-order valence-corrected chi connectivity index (χ2v) is 6.82. The van der Waals surface area contributed by atoms with E-state index < -0.39 is 0 Å². The van der Waals surface area contributed by atoms with E-state index in [1.54, 1.807) is 0 Å². The molecule has 0 atom stereocenters. The summed E-state index contributed by atoms with van der Waals surface area (Å²) in [6.07, 6.45) is 4.52. The number of hydrogen-bond donors (Lipinski definition) is 1. The number of rotatable bonds is 6. The number of nitrogens with zero attached hydrogens (tertiary/aromatic N) is 4. The van der Waals surface area contributed by atoms with Gasteiger partial charge in [-0.1, -0.05) is 26.0 Å². The molecule has 5 nitrogen and oxygen atoms in total. The first-order valence-electron chi connectivity index (χ1n) is 9.60. The van der Waals surface area contributed by atoms with E-state index in [4.69, 9.17) is 5.26 Å². The molecule has 0 amide bonds. The lowest BCUT2D eigenvalue weighted by atomic mass is 10.00. The smallest absolute Gasteiger partial charge is 0.151 e. The first-order valence-corrected chi connectivity index (χ1v) is 9.60. The third-order valence-electron chi connectivity index (χ3n) is 5.26. The Balaban J connectivity index is 1.85. The fourth-order valence-electron chi connectivity index (χ4n) is 3.77. The Morgan fingerprint density at radius 1 is 1.08 bits per heavy atom. The molecule has 1 saturated heterocycles. The summed E-state index contributed by atoms with van der Waals surface area (Å²) in [5.41, 5.74) is 2.48. The summed E-state index contributed by atoms with van der Waals surface area (Å²) in [6, 6.07) is 14.8. The molecule has 1 aliphatic rings. The van der Waals surface area contributed by atoms with Crippen molar-refractivity contribution < 1.29 is 0 Å². The third kappa shape index (κ3) is 4.03. The number of nitrogens with one attached hydrogen (secondary N) is 1. The average molecular weight is 349 g/mol. The quantitative estimate of drug-likeness (QED) is 0.860. The van der Waals surface area contributed by atoms with Gasteiger partial charge in [-0.2, -0.15) is 5.26 Å². The van der Waals surface area contributed by atoms with Crippen molar-refractivity contribution in [1.29, 1.82) is 5.26 Å². The zero-order chi connectivity index (χ0) is 18.4. The van der Waals surface area contributed by atoms with Crippen LogP contribution >= 0.6 is 0 Å². The fraction of sp³-hybridized carbons (Fsp3) is 0.476. The van der Waals surface area contributed by atoms with Crippen LogP contribution in [0.2, 0.25) is 0 Å². The molecule has 1 aliphatic heterocycles. The summed E-state index contributed by atoms with van der Waals surface area (Å²) in [5.74, 6) is 0.975. The van der Waals surface area contributed by atoms with Crippen LogP contribution in [0.4, 0.5) is 5.82 Å². The van der Waals surface area contributed by atoms with E-state index in [0.717, 1.165) is 55.8 Å². The second kappa shape index (κ2) is 8.77. The lowest BCUT2D eigenvalue weighted by molar-refractivity contribution is 0.387. The highest BCUT2D eigenvalue weighted by atomic mass is 15.3. The van der Waals surface area contributed by atoms with Crippen LogP contribution in [0.1, 0.15) is 45.1 Å². The molecule has 0 saturated carbocycles. The van der Waals surface area contributed by atoms with Gasteiger partial charge in [0.25, 0.3) is 0 Å². The summed E-state index contributed by atoms with van der Waals surface area (Å²) < 4.78 is 0.